The highest BCUT2D eigenvalue weighted by Gasteiger charge is 2.36. The highest BCUT2D eigenvalue weighted by Crippen LogP contribution is 2.30. The molecule has 1 fully saturated rings. The van der Waals surface area contributed by atoms with Crippen molar-refractivity contribution in [2.24, 2.45) is 11.3 Å². The summed E-state index contributed by atoms with van der Waals surface area (Å²) < 4.78 is 0. The minimum absolute atomic E-state index is 0.543. The second-order valence-corrected chi connectivity index (χ2v) is 5.29. The first-order valence-corrected chi connectivity index (χ1v) is 6.46. The van der Waals surface area contributed by atoms with Crippen LogP contribution in [0.15, 0.2) is 0 Å². The number of carboxylic acid groups (broad SMARTS) is 1. The lowest BCUT2D eigenvalue weighted by atomic mass is 9.80. The van der Waals surface area contributed by atoms with E-state index in [1.54, 1.807) is 0 Å². The van der Waals surface area contributed by atoms with Crippen LogP contribution in [-0.4, -0.2) is 36.1 Å². The zero-order valence-corrected chi connectivity index (χ0v) is 10.8. The Hall–Kier alpha value is -0.570. The number of hydrogen-bond acceptors (Lipinski definition) is 2. The van der Waals surface area contributed by atoms with Crippen LogP contribution in [0.1, 0.15) is 46.0 Å². The SMILES string of the molecule is CCC(CC)(CN(C)CC1CCC1)C(=O)O. The van der Waals surface area contributed by atoms with Crippen LogP contribution in [0.25, 0.3) is 0 Å². The fourth-order valence-electron chi connectivity index (χ4n) is 2.54. The van der Waals surface area contributed by atoms with E-state index in [2.05, 4.69) is 11.9 Å². The van der Waals surface area contributed by atoms with Crippen molar-refractivity contribution < 1.29 is 9.90 Å². The summed E-state index contributed by atoms with van der Waals surface area (Å²) in [7, 11) is 2.06. The number of rotatable bonds is 7. The van der Waals surface area contributed by atoms with Gasteiger partial charge in [0.25, 0.3) is 0 Å². The lowest BCUT2D eigenvalue weighted by Crippen LogP contribution is -2.43. The Bertz CT molecular complexity index is 232. The van der Waals surface area contributed by atoms with Gasteiger partial charge in [0.05, 0.1) is 5.41 Å². The molecule has 0 heterocycles. The molecular weight excluding hydrogens is 202 g/mol. The lowest BCUT2D eigenvalue weighted by Gasteiger charge is -2.35. The molecule has 1 aliphatic carbocycles. The highest BCUT2D eigenvalue weighted by atomic mass is 16.4. The average molecular weight is 227 g/mol. The van der Waals surface area contributed by atoms with Crippen LogP contribution < -0.4 is 0 Å². The summed E-state index contributed by atoms with van der Waals surface area (Å²) in [6, 6.07) is 0. The fraction of sp³-hybridized carbons (Fsp3) is 0.923. The quantitative estimate of drug-likeness (QED) is 0.727. The Morgan fingerprint density at radius 1 is 1.38 bits per heavy atom. The van der Waals surface area contributed by atoms with Gasteiger partial charge in [-0.2, -0.15) is 0 Å². The Morgan fingerprint density at radius 2 is 1.94 bits per heavy atom. The molecule has 3 heteroatoms. The van der Waals surface area contributed by atoms with Gasteiger partial charge in [-0.05, 0) is 38.6 Å². The van der Waals surface area contributed by atoms with Crippen molar-refractivity contribution in [3.05, 3.63) is 0 Å². The van der Waals surface area contributed by atoms with Gasteiger partial charge < -0.3 is 10.0 Å². The predicted octanol–water partition coefficient (Wildman–Crippen LogP) is 2.61. The number of aliphatic carboxylic acids is 1. The van der Waals surface area contributed by atoms with E-state index in [-0.39, 0.29) is 0 Å². The molecule has 0 amide bonds. The van der Waals surface area contributed by atoms with Crippen LogP contribution in [-0.2, 0) is 4.79 Å². The summed E-state index contributed by atoms with van der Waals surface area (Å²) >= 11 is 0. The summed E-state index contributed by atoms with van der Waals surface area (Å²) in [4.78, 5) is 13.6. The van der Waals surface area contributed by atoms with Crippen LogP contribution in [0.3, 0.4) is 0 Å². The van der Waals surface area contributed by atoms with E-state index < -0.39 is 11.4 Å². The molecule has 3 nitrogen and oxygen atoms in total. The zero-order valence-electron chi connectivity index (χ0n) is 10.8. The van der Waals surface area contributed by atoms with E-state index in [0.29, 0.717) is 19.4 Å². The van der Waals surface area contributed by atoms with Gasteiger partial charge in [-0.15, -0.1) is 0 Å². The van der Waals surface area contributed by atoms with Crippen molar-refractivity contribution in [3.8, 4) is 0 Å². The maximum absolute atomic E-state index is 11.4. The van der Waals surface area contributed by atoms with Crippen molar-refractivity contribution in [2.75, 3.05) is 20.1 Å². The van der Waals surface area contributed by atoms with E-state index in [1.165, 1.54) is 19.3 Å². The number of hydrogen-bond donors (Lipinski definition) is 1. The summed E-state index contributed by atoms with van der Waals surface area (Å²) in [6.07, 6.45) is 5.43. The van der Waals surface area contributed by atoms with Crippen LogP contribution in [0.2, 0.25) is 0 Å². The summed E-state index contributed by atoms with van der Waals surface area (Å²) in [5, 5.41) is 9.35. The number of carboxylic acids is 1. The molecule has 0 aromatic heterocycles. The van der Waals surface area contributed by atoms with Gasteiger partial charge >= 0.3 is 5.97 Å². The van der Waals surface area contributed by atoms with E-state index in [4.69, 9.17) is 0 Å². The summed E-state index contributed by atoms with van der Waals surface area (Å²) in [5.41, 5.74) is -0.543. The lowest BCUT2D eigenvalue weighted by molar-refractivity contribution is -0.150. The molecule has 0 saturated heterocycles. The monoisotopic (exact) mass is 227 g/mol. The van der Waals surface area contributed by atoms with Crippen molar-refractivity contribution in [3.63, 3.8) is 0 Å². The second kappa shape index (κ2) is 5.67. The van der Waals surface area contributed by atoms with Gasteiger partial charge in [0.15, 0.2) is 0 Å². The summed E-state index contributed by atoms with van der Waals surface area (Å²) in [6.45, 7) is 5.71. The third-order valence-electron chi connectivity index (χ3n) is 4.17. The topological polar surface area (TPSA) is 40.5 Å². The van der Waals surface area contributed by atoms with Crippen LogP contribution in [0.5, 0.6) is 0 Å². The molecule has 1 N–H and O–H groups in total. The first-order valence-electron chi connectivity index (χ1n) is 6.46. The van der Waals surface area contributed by atoms with Gasteiger partial charge in [-0.3, -0.25) is 4.79 Å². The Labute approximate surface area is 98.8 Å². The van der Waals surface area contributed by atoms with Gasteiger partial charge in [0.2, 0.25) is 0 Å². The molecule has 0 aromatic carbocycles. The number of carbonyl (C=O) groups is 1. The van der Waals surface area contributed by atoms with E-state index >= 15 is 0 Å². The molecule has 16 heavy (non-hydrogen) atoms. The first-order chi connectivity index (χ1) is 7.54. The molecule has 0 spiro atoms. The molecule has 0 bridgehead atoms. The van der Waals surface area contributed by atoms with Crippen molar-refractivity contribution in [2.45, 2.75) is 46.0 Å². The first kappa shape index (κ1) is 13.5. The summed E-state index contributed by atoms with van der Waals surface area (Å²) in [5.74, 6) is 0.170. The van der Waals surface area contributed by atoms with Crippen LogP contribution in [0, 0.1) is 11.3 Å². The minimum atomic E-state index is -0.641. The van der Waals surface area contributed by atoms with Gasteiger partial charge in [-0.1, -0.05) is 20.3 Å². The molecule has 1 aliphatic rings. The second-order valence-electron chi connectivity index (χ2n) is 5.29. The van der Waals surface area contributed by atoms with E-state index in [0.717, 1.165) is 12.5 Å². The van der Waals surface area contributed by atoms with Crippen LogP contribution in [0.4, 0.5) is 0 Å². The smallest absolute Gasteiger partial charge is 0.310 e. The molecule has 0 radical (unpaired) electrons. The van der Waals surface area contributed by atoms with Crippen molar-refractivity contribution in [1.82, 2.24) is 4.90 Å². The molecule has 94 valence electrons. The van der Waals surface area contributed by atoms with E-state index in [1.807, 2.05) is 13.8 Å². The van der Waals surface area contributed by atoms with Gasteiger partial charge in [0.1, 0.15) is 0 Å². The third-order valence-corrected chi connectivity index (χ3v) is 4.17. The molecule has 1 rings (SSSR count). The maximum Gasteiger partial charge on any atom is 0.310 e. The van der Waals surface area contributed by atoms with Crippen molar-refractivity contribution >= 4 is 5.97 Å². The third kappa shape index (κ3) is 2.97. The Balaban J connectivity index is 2.49. The van der Waals surface area contributed by atoms with Gasteiger partial charge in [0, 0.05) is 13.1 Å². The zero-order chi connectivity index (χ0) is 12.2. The molecule has 0 aliphatic heterocycles. The normalized spacial score (nSPS) is 17.5. The Morgan fingerprint density at radius 3 is 2.25 bits per heavy atom. The average Bonchev–Trinajstić information content (AvgIpc) is 2.20. The standard InChI is InChI=1S/C13H25NO2/c1-4-13(5-2,12(15)16)10-14(3)9-11-7-6-8-11/h11H,4-10H2,1-3H3,(H,15,16). The Kier molecular flexibility index (Phi) is 4.78. The minimum Gasteiger partial charge on any atom is -0.481 e. The van der Waals surface area contributed by atoms with E-state index in [9.17, 15) is 9.90 Å². The molecule has 0 atom stereocenters. The largest absolute Gasteiger partial charge is 0.481 e. The van der Waals surface area contributed by atoms with Crippen molar-refractivity contribution in [1.29, 1.82) is 0 Å². The fourth-order valence-corrected chi connectivity index (χ4v) is 2.54. The predicted molar refractivity (Wildman–Crippen MR) is 65.5 cm³/mol. The maximum atomic E-state index is 11.4. The highest BCUT2D eigenvalue weighted by molar-refractivity contribution is 5.74. The molecule has 0 unspecified atom stereocenters. The number of nitrogens with zero attached hydrogens (tertiary/aromatic N) is 1. The van der Waals surface area contributed by atoms with Crippen LogP contribution >= 0.6 is 0 Å². The molecule has 1 saturated carbocycles. The molecule has 0 aromatic rings. The van der Waals surface area contributed by atoms with Gasteiger partial charge in [-0.25, -0.2) is 0 Å². The molecular formula is C13H25NO2.